The van der Waals surface area contributed by atoms with E-state index < -0.39 is 0 Å². The molecule has 0 bridgehead atoms. The van der Waals surface area contributed by atoms with Crippen molar-refractivity contribution in [2.45, 2.75) is 0 Å². The van der Waals surface area contributed by atoms with E-state index in [0.717, 1.165) is 30.5 Å². The van der Waals surface area contributed by atoms with Crippen molar-refractivity contribution in [3.63, 3.8) is 0 Å². The van der Waals surface area contributed by atoms with Gasteiger partial charge >= 0.3 is 0 Å². The standard InChI is InChI=1S/C13H18N6/c1-14-7-8-19(2)13-9-12(16-10-17-13)18-11-5-3-4-6-15-11/h3-6,9-10,14H,7-8H2,1-2H3,(H,15,16,17,18). The summed E-state index contributed by atoms with van der Waals surface area (Å²) in [5, 5.41) is 6.26. The average Bonchev–Trinajstić information content (AvgIpc) is 2.46. The minimum atomic E-state index is 0.736. The number of hydrogen-bond acceptors (Lipinski definition) is 6. The normalized spacial score (nSPS) is 10.2. The zero-order chi connectivity index (χ0) is 13.5. The lowest BCUT2D eigenvalue weighted by atomic mass is 10.4. The van der Waals surface area contributed by atoms with Crippen LogP contribution in [-0.2, 0) is 0 Å². The lowest BCUT2D eigenvalue weighted by Gasteiger charge is -2.18. The van der Waals surface area contributed by atoms with Crippen LogP contribution >= 0.6 is 0 Å². The molecule has 0 fully saturated rings. The summed E-state index contributed by atoms with van der Waals surface area (Å²) >= 11 is 0. The van der Waals surface area contributed by atoms with Gasteiger partial charge in [-0.3, -0.25) is 0 Å². The molecule has 2 rings (SSSR count). The third kappa shape index (κ3) is 3.89. The number of hydrogen-bond donors (Lipinski definition) is 2. The Morgan fingerprint density at radius 3 is 2.79 bits per heavy atom. The molecule has 6 heteroatoms. The van der Waals surface area contributed by atoms with E-state index in [-0.39, 0.29) is 0 Å². The summed E-state index contributed by atoms with van der Waals surface area (Å²) in [5.41, 5.74) is 0. The van der Waals surface area contributed by atoms with E-state index in [0.29, 0.717) is 0 Å². The Kier molecular flexibility index (Phi) is 4.63. The molecule has 0 aliphatic heterocycles. The summed E-state index contributed by atoms with van der Waals surface area (Å²) in [7, 11) is 3.94. The summed E-state index contributed by atoms with van der Waals surface area (Å²) in [5.74, 6) is 2.38. The lowest BCUT2D eigenvalue weighted by molar-refractivity contribution is 0.760. The highest BCUT2D eigenvalue weighted by molar-refractivity contribution is 5.55. The first kappa shape index (κ1) is 13.2. The van der Waals surface area contributed by atoms with E-state index in [4.69, 9.17) is 0 Å². The van der Waals surface area contributed by atoms with Crippen molar-refractivity contribution in [2.24, 2.45) is 0 Å². The Balaban J connectivity index is 2.06. The molecule has 0 atom stereocenters. The van der Waals surface area contributed by atoms with Gasteiger partial charge < -0.3 is 15.5 Å². The van der Waals surface area contributed by atoms with Crippen LogP contribution in [0, 0.1) is 0 Å². The van der Waals surface area contributed by atoms with Crippen molar-refractivity contribution in [1.29, 1.82) is 0 Å². The molecule has 0 spiro atoms. The Labute approximate surface area is 112 Å². The number of nitrogens with zero attached hydrogens (tertiary/aromatic N) is 4. The van der Waals surface area contributed by atoms with Gasteiger partial charge in [0.05, 0.1) is 0 Å². The van der Waals surface area contributed by atoms with Gasteiger partial charge in [-0.2, -0.15) is 0 Å². The van der Waals surface area contributed by atoms with Crippen LogP contribution in [0.5, 0.6) is 0 Å². The van der Waals surface area contributed by atoms with Crippen molar-refractivity contribution in [3.8, 4) is 0 Å². The number of rotatable bonds is 6. The van der Waals surface area contributed by atoms with Crippen LogP contribution in [0.25, 0.3) is 0 Å². The van der Waals surface area contributed by atoms with Crippen molar-refractivity contribution < 1.29 is 0 Å². The van der Waals surface area contributed by atoms with Crippen LogP contribution in [0.4, 0.5) is 17.5 Å². The Morgan fingerprint density at radius 1 is 1.16 bits per heavy atom. The van der Waals surface area contributed by atoms with Gasteiger partial charge in [0.25, 0.3) is 0 Å². The van der Waals surface area contributed by atoms with Gasteiger partial charge in [0, 0.05) is 32.4 Å². The van der Waals surface area contributed by atoms with Gasteiger partial charge in [0.2, 0.25) is 0 Å². The molecular weight excluding hydrogens is 240 g/mol. The van der Waals surface area contributed by atoms with Crippen LogP contribution in [0.15, 0.2) is 36.8 Å². The maximum Gasteiger partial charge on any atom is 0.137 e. The molecule has 100 valence electrons. The maximum absolute atomic E-state index is 4.26. The van der Waals surface area contributed by atoms with Crippen LogP contribution in [0.1, 0.15) is 0 Å². The van der Waals surface area contributed by atoms with E-state index in [2.05, 4.69) is 30.5 Å². The fourth-order valence-corrected chi connectivity index (χ4v) is 1.59. The van der Waals surface area contributed by atoms with E-state index in [1.54, 1.807) is 12.5 Å². The predicted octanol–water partition coefficient (Wildman–Crippen LogP) is 1.27. The number of likely N-dealkylation sites (N-methyl/N-ethyl adjacent to an activating group) is 2. The molecule has 0 aromatic carbocycles. The molecule has 0 saturated heterocycles. The first-order valence-corrected chi connectivity index (χ1v) is 6.15. The molecule has 0 aliphatic rings. The minimum Gasteiger partial charge on any atom is -0.358 e. The van der Waals surface area contributed by atoms with Gasteiger partial charge in [0.1, 0.15) is 23.8 Å². The van der Waals surface area contributed by atoms with E-state index in [9.17, 15) is 0 Å². The molecular formula is C13H18N6. The maximum atomic E-state index is 4.26. The highest BCUT2D eigenvalue weighted by Crippen LogP contribution is 2.15. The van der Waals surface area contributed by atoms with Crippen LogP contribution in [0.3, 0.4) is 0 Å². The largest absolute Gasteiger partial charge is 0.358 e. The highest BCUT2D eigenvalue weighted by atomic mass is 15.2. The quantitative estimate of drug-likeness (QED) is 0.813. The second kappa shape index (κ2) is 6.65. The van der Waals surface area contributed by atoms with Crippen LogP contribution < -0.4 is 15.5 Å². The van der Waals surface area contributed by atoms with Crippen LogP contribution in [-0.4, -0.2) is 42.1 Å². The SMILES string of the molecule is CNCCN(C)c1cc(Nc2ccccn2)ncn1. The fraction of sp³-hybridized carbons (Fsp3) is 0.308. The molecule has 0 unspecified atom stereocenters. The van der Waals surface area contributed by atoms with Gasteiger partial charge in [-0.05, 0) is 19.2 Å². The highest BCUT2D eigenvalue weighted by Gasteiger charge is 2.04. The first-order valence-electron chi connectivity index (χ1n) is 6.15. The summed E-state index contributed by atoms with van der Waals surface area (Å²) in [6.45, 7) is 1.79. The van der Waals surface area contributed by atoms with Crippen molar-refractivity contribution >= 4 is 17.5 Å². The molecule has 6 nitrogen and oxygen atoms in total. The summed E-state index contributed by atoms with van der Waals surface area (Å²) in [4.78, 5) is 14.7. The lowest BCUT2D eigenvalue weighted by Crippen LogP contribution is -2.27. The van der Waals surface area contributed by atoms with Gasteiger partial charge in [-0.25, -0.2) is 15.0 Å². The second-order valence-electron chi connectivity index (χ2n) is 4.13. The Morgan fingerprint density at radius 2 is 2.05 bits per heavy atom. The molecule has 2 heterocycles. The number of anilines is 3. The molecule has 0 radical (unpaired) electrons. The van der Waals surface area contributed by atoms with Crippen molar-refractivity contribution in [1.82, 2.24) is 20.3 Å². The van der Waals surface area contributed by atoms with E-state index in [1.165, 1.54) is 0 Å². The molecule has 0 saturated carbocycles. The van der Waals surface area contributed by atoms with Gasteiger partial charge in [-0.15, -0.1) is 0 Å². The average molecular weight is 258 g/mol. The summed E-state index contributed by atoms with van der Waals surface area (Å²) in [6, 6.07) is 7.61. The Hall–Kier alpha value is -2.21. The fourth-order valence-electron chi connectivity index (χ4n) is 1.59. The number of pyridine rings is 1. The molecule has 0 aliphatic carbocycles. The van der Waals surface area contributed by atoms with Gasteiger partial charge in [-0.1, -0.05) is 6.07 Å². The summed E-state index contributed by atoms with van der Waals surface area (Å²) < 4.78 is 0. The molecule has 2 aromatic rings. The van der Waals surface area contributed by atoms with E-state index >= 15 is 0 Å². The third-order valence-corrected chi connectivity index (χ3v) is 2.66. The number of nitrogens with one attached hydrogen (secondary N) is 2. The number of aromatic nitrogens is 3. The molecule has 0 amide bonds. The van der Waals surface area contributed by atoms with Crippen molar-refractivity contribution in [3.05, 3.63) is 36.8 Å². The zero-order valence-electron chi connectivity index (χ0n) is 11.2. The summed E-state index contributed by atoms with van der Waals surface area (Å²) in [6.07, 6.45) is 3.29. The smallest absolute Gasteiger partial charge is 0.137 e. The first-order chi connectivity index (χ1) is 9.29. The van der Waals surface area contributed by atoms with Crippen molar-refractivity contribution in [2.75, 3.05) is 37.4 Å². The Bertz CT molecular complexity index is 501. The molecule has 19 heavy (non-hydrogen) atoms. The molecule has 2 N–H and O–H groups in total. The predicted molar refractivity (Wildman–Crippen MR) is 76.7 cm³/mol. The second-order valence-corrected chi connectivity index (χ2v) is 4.13. The van der Waals surface area contributed by atoms with Crippen LogP contribution in [0.2, 0.25) is 0 Å². The van der Waals surface area contributed by atoms with E-state index in [1.807, 2.05) is 38.4 Å². The zero-order valence-corrected chi connectivity index (χ0v) is 11.2. The topological polar surface area (TPSA) is 66.0 Å². The third-order valence-electron chi connectivity index (χ3n) is 2.66. The van der Waals surface area contributed by atoms with Gasteiger partial charge in [0.15, 0.2) is 0 Å². The monoisotopic (exact) mass is 258 g/mol. The minimum absolute atomic E-state index is 0.736. The molecule has 2 aromatic heterocycles.